The summed E-state index contributed by atoms with van der Waals surface area (Å²) in [6.07, 6.45) is 8.46. The number of carbonyl (C=O) groups excluding carboxylic acids is 2. The number of aliphatic hydroxyl groups is 4. The summed E-state index contributed by atoms with van der Waals surface area (Å²) in [5.41, 5.74) is 4.07. The number of fused-ring (bicyclic) bond motifs is 5. The molecule has 7 N–H and O–H groups in total. The molecule has 6 rings (SSSR count). The summed E-state index contributed by atoms with van der Waals surface area (Å²) >= 11 is 0. The third kappa shape index (κ3) is 6.58. The van der Waals surface area contributed by atoms with Crippen LogP contribution in [0, 0.1) is 53.3 Å². The molecule has 11 nitrogen and oxygen atoms in total. The van der Waals surface area contributed by atoms with Crippen LogP contribution in [0.2, 0.25) is 0 Å². The molecule has 1 aromatic carbocycles. The summed E-state index contributed by atoms with van der Waals surface area (Å²) in [5, 5.41) is 60.4. The monoisotopic (exact) mass is 690 g/mol. The van der Waals surface area contributed by atoms with Crippen LogP contribution in [0.25, 0.3) is 0 Å². The maximum absolute atomic E-state index is 13.0. The van der Waals surface area contributed by atoms with Crippen molar-refractivity contribution in [2.24, 2.45) is 51.4 Å². The smallest absolute Gasteiger partial charge is 0.271 e. The number of aromatic nitrogens is 1. The van der Waals surface area contributed by atoms with Gasteiger partial charge in [0.2, 0.25) is 5.91 Å². The van der Waals surface area contributed by atoms with E-state index in [1.807, 2.05) is 0 Å². The molecule has 0 spiro atoms. The number of hydrogen-bond donors (Lipinski definition) is 7. The minimum Gasteiger partial charge on any atom is -0.505 e. The molecule has 50 heavy (non-hydrogen) atoms. The van der Waals surface area contributed by atoms with Crippen LogP contribution in [0.1, 0.15) is 106 Å². The van der Waals surface area contributed by atoms with Gasteiger partial charge >= 0.3 is 0 Å². The van der Waals surface area contributed by atoms with Gasteiger partial charge in [0.05, 0.1) is 36.8 Å². The number of nitrogens with one attached hydrogen (secondary N) is 2. The van der Waals surface area contributed by atoms with Gasteiger partial charge in [-0.1, -0.05) is 20.8 Å². The van der Waals surface area contributed by atoms with Crippen molar-refractivity contribution in [3.63, 3.8) is 0 Å². The molecule has 11 atom stereocenters. The third-order valence-corrected chi connectivity index (χ3v) is 13.7. The topological polar surface area (TPSA) is 185 Å². The van der Waals surface area contributed by atoms with Gasteiger partial charge < -0.3 is 30.8 Å². The number of pyridine rings is 1. The molecule has 4 saturated carbocycles. The van der Waals surface area contributed by atoms with Gasteiger partial charge in [-0.25, -0.2) is 5.43 Å². The molecule has 0 saturated heterocycles. The van der Waals surface area contributed by atoms with E-state index in [9.17, 15) is 35.1 Å². The summed E-state index contributed by atoms with van der Waals surface area (Å²) in [6.45, 7) is 8.05. The fourth-order valence-electron chi connectivity index (χ4n) is 10.8. The number of hydrazone groups is 1. The van der Waals surface area contributed by atoms with Gasteiger partial charge in [0.15, 0.2) is 0 Å². The molecule has 0 bridgehead atoms. The molecule has 1 aromatic heterocycles. The lowest BCUT2D eigenvalue weighted by Crippen LogP contribution is -2.62. The van der Waals surface area contributed by atoms with Crippen LogP contribution in [-0.2, 0) is 11.4 Å². The molecule has 4 aliphatic rings. The maximum atomic E-state index is 13.0. The average molecular weight is 691 g/mol. The largest absolute Gasteiger partial charge is 0.505 e. The van der Waals surface area contributed by atoms with E-state index in [0.29, 0.717) is 47.7 Å². The lowest BCUT2D eigenvalue weighted by molar-refractivity contribution is -0.207. The Hall–Kier alpha value is -3.38. The summed E-state index contributed by atoms with van der Waals surface area (Å²) in [5.74, 6) is 0.710. The van der Waals surface area contributed by atoms with Crippen molar-refractivity contribution in [1.29, 1.82) is 0 Å². The second-order valence-corrected chi connectivity index (χ2v) is 16.2. The molecule has 2 aromatic rings. The van der Waals surface area contributed by atoms with E-state index in [-0.39, 0.29) is 70.4 Å². The fourth-order valence-corrected chi connectivity index (χ4v) is 10.8. The molecule has 0 aliphatic heterocycles. The first-order valence-corrected chi connectivity index (χ1v) is 18.3. The van der Waals surface area contributed by atoms with E-state index in [0.717, 1.165) is 38.5 Å². The van der Waals surface area contributed by atoms with Crippen LogP contribution in [-0.4, -0.2) is 66.9 Å². The number of carbonyl (C=O) groups is 2. The number of aliphatic hydroxyl groups excluding tert-OH is 4. The minimum atomic E-state index is -0.476. The number of nitrogens with zero attached hydrogens (tertiary/aromatic N) is 2. The third-order valence-electron chi connectivity index (χ3n) is 13.7. The lowest BCUT2D eigenvalue weighted by Gasteiger charge is -2.63. The highest BCUT2D eigenvalue weighted by molar-refractivity contribution is 5.96. The van der Waals surface area contributed by atoms with Gasteiger partial charge in [0, 0.05) is 35.0 Å². The quantitative estimate of drug-likeness (QED) is 0.146. The van der Waals surface area contributed by atoms with Crippen molar-refractivity contribution in [3.05, 3.63) is 52.8 Å². The number of rotatable bonds is 9. The van der Waals surface area contributed by atoms with Gasteiger partial charge in [-0.15, -0.1) is 0 Å². The van der Waals surface area contributed by atoms with Crippen molar-refractivity contribution in [2.75, 3.05) is 5.32 Å². The highest BCUT2D eigenvalue weighted by Crippen LogP contribution is 2.68. The van der Waals surface area contributed by atoms with Crippen molar-refractivity contribution < 1.29 is 35.1 Å². The Morgan fingerprint density at radius 3 is 2.52 bits per heavy atom. The Balaban J connectivity index is 1.02. The molecule has 2 amide bonds. The molecule has 4 fully saturated rings. The van der Waals surface area contributed by atoms with Crippen LogP contribution in [0.3, 0.4) is 0 Å². The first-order valence-electron chi connectivity index (χ1n) is 18.3. The zero-order chi connectivity index (χ0) is 36.0. The highest BCUT2D eigenvalue weighted by Gasteiger charge is 2.65. The number of benzene rings is 1. The molecule has 1 heterocycles. The van der Waals surface area contributed by atoms with Crippen molar-refractivity contribution in [1.82, 2.24) is 10.4 Å². The van der Waals surface area contributed by atoms with E-state index in [1.54, 1.807) is 31.2 Å². The summed E-state index contributed by atoms with van der Waals surface area (Å²) < 4.78 is 0. The fraction of sp³-hybridized carbons (Fsp3) is 0.641. The molecule has 0 unspecified atom stereocenters. The van der Waals surface area contributed by atoms with Crippen molar-refractivity contribution >= 4 is 23.7 Å². The van der Waals surface area contributed by atoms with Crippen LogP contribution in [0.15, 0.2) is 35.6 Å². The second kappa shape index (κ2) is 14.3. The Labute approximate surface area is 294 Å². The Morgan fingerprint density at radius 1 is 1.06 bits per heavy atom. The zero-order valence-electron chi connectivity index (χ0n) is 29.7. The zero-order valence-corrected chi connectivity index (χ0v) is 29.7. The van der Waals surface area contributed by atoms with Crippen LogP contribution < -0.4 is 10.7 Å². The average Bonchev–Trinajstić information content (AvgIpc) is 3.45. The number of amides is 2. The number of aromatic hydroxyl groups is 1. The normalized spacial score (nSPS) is 35.5. The standard InChI is InChI=1S/C39H54N4O7/c1-21(29-10-11-30-35-31(17-33(47)39(29,30)4)38(3)14-13-27(45)15-25(38)16-32(35)46)5-12-34(48)42-26-8-6-23(7-9-26)37(50)43-41-19-28-24(20-44)18-40-22(2)36(28)49/h6-9,18-19,21,25,27,29-33,35,44-47,49H,5,10-17,20H2,1-4H3,(H,42,48)(H,43,50)/b41-19+/t21-,25+,27-,29-,30+,31+,32-,33+,35+,38+,39-/m1/s1. The molecule has 272 valence electrons. The molecule has 0 radical (unpaired) electrons. The second-order valence-electron chi connectivity index (χ2n) is 16.2. The Bertz CT molecular complexity index is 1600. The van der Waals surface area contributed by atoms with Crippen LogP contribution >= 0.6 is 0 Å². The van der Waals surface area contributed by atoms with Gasteiger partial charge in [0.1, 0.15) is 5.75 Å². The maximum Gasteiger partial charge on any atom is 0.271 e. The lowest BCUT2D eigenvalue weighted by atomic mass is 9.43. The van der Waals surface area contributed by atoms with E-state index in [4.69, 9.17) is 0 Å². The summed E-state index contributed by atoms with van der Waals surface area (Å²) in [4.78, 5) is 29.7. The molecule has 11 heteroatoms. The Kier molecular flexibility index (Phi) is 10.4. The molecule has 4 aliphatic carbocycles. The van der Waals surface area contributed by atoms with Crippen LogP contribution in [0.5, 0.6) is 5.75 Å². The number of hydrogen-bond acceptors (Lipinski definition) is 9. The summed E-state index contributed by atoms with van der Waals surface area (Å²) in [7, 11) is 0. The SMILES string of the molecule is Cc1ncc(CO)c(/C=N/NC(=O)c2ccc(NC(=O)CC[C@@H](C)[C@H]3CC[C@H]4[C@@H]5[C@H](O)C[C@@H]6C[C@H](O)CC[C@]6(C)[C@H]5C[C@H](O)[C@]34C)cc2)c1O. The highest BCUT2D eigenvalue weighted by atomic mass is 16.3. The van der Waals surface area contributed by atoms with Gasteiger partial charge in [0.25, 0.3) is 5.91 Å². The van der Waals surface area contributed by atoms with Gasteiger partial charge in [-0.2, -0.15) is 5.10 Å². The van der Waals surface area contributed by atoms with E-state index in [1.165, 1.54) is 12.4 Å². The minimum absolute atomic E-state index is 0.0406. The van der Waals surface area contributed by atoms with E-state index in [2.05, 4.69) is 41.6 Å². The van der Waals surface area contributed by atoms with Gasteiger partial charge in [-0.05, 0) is 129 Å². The number of aryl methyl sites for hydroxylation is 1. The Morgan fingerprint density at radius 2 is 1.80 bits per heavy atom. The van der Waals surface area contributed by atoms with Crippen LogP contribution in [0.4, 0.5) is 5.69 Å². The molecular formula is C39H54N4O7. The predicted molar refractivity (Wildman–Crippen MR) is 189 cm³/mol. The summed E-state index contributed by atoms with van der Waals surface area (Å²) in [6, 6.07) is 6.50. The van der Waals surface area contributed by atoms with E-state index >= 15 is 0 Å². The number of anilines is 1. The first-order chi connectivity index (χ1) is 23.8. The molecular weight excluding hydrogens is 636 g/mol. The van der Waals surface area contributed by atoms with E-state index < -0.39 is 18.1 Å². The predicted octanol–water partition coefficient (Wildman–Crippen LogP) is 4.67. The van der Waals surface area contributed by atoms with Crippen molar-refractivity contribution in [3.8, 4) is 5.75 Å². The first kappa shape index (κ1) is 36.4. The van der Waals surface area contributed by atoms with Crippen molar-refractivity contribution in [2.45, 2.75) is 110 Å². The van der Waals surface area contributed by atoms with Gasteiger partial charge in [-0.3, -0.25) is 14.6 Å².